The highest BCUT2D eigenvalue weighted by Gasteiger charge is 2.42. The fraction of sp³-hybridized carbons (Fsp3) is 0.409. The standard InChI is InChI=1S/C22H30N3O2PS/c1-22(2,3)28(18-10-6-5-7-11-18,25-14-16-27-17-15-25)24-21(29)23-19-12-8-9-13-20(19)26-4/h5-13H,14-17H2,1-4H3,(H,23,29). The van der Waals surface area contributed by atoms with Crippen LogP contribution >= 0.6 is 19.4 Å². The Morgan fingerprint density at radius 1 is 1.07 bits per heavy atom. The van der Waals surface area contributed by atoms with Crippen molar-refractivity contribution in [1.82, 2.24) is 4.67 Å². The predicted octanol–water partition coefficient (Wildman–Crippen LogP) is 4.96. The monoisotopic (exact) mass is 431 g/mol. The molecule has 0 radical (unpaired) electrons. The number of ether oxygens (including phenoxy) is 2. The molecule has 156 valence electrons. The van der Waals surface area contributed by atoms with Crippen LogP contribution in [0, 0.1) is 0 Å². The number of nitrogens with one attached hydrogen (secondary N) is 1. The first-order chi connectivity index (χ1) is 13.9. The zero-order valence-electron chi connectivity index (χ0n) is 17.6. The second-order valence-corrected chi connectivity index (χ2v) is 12.1. The summed E-state index contributed by atoms with van der Waals surface area (Å²) in [4.78, 5) is 0. The molecular weight excluding hydrogens is 401 g/mol. The Labute approximate surface area is 179 Å². The van der Waals surface area contributed by atoms with E-state index in [0.717, 1.165) is 24.5 Å². The molecule has 0 amide bonds. The Balaban J connectivity index is 2.12. The fourth-order valence-electron chi connectivity index (χ4n) is 3.74. The summed E-state index contributed by atoms with van der Waals surface area (Å²) in [5, 5.41) is 4.92. The van der Waals surface area contributed by atoms with Crippen LogP contribution in [-0.2, 0) is 4.74 Å². The maximum absolute atomic E-state index is 5.77. The molecule has 5 nitrogen and oxygen atoms in total. The molecule has 29 heavy (non-hydrogen) atoms. The molecule has 2 aromatic carbocycles. The van der Waals surface area contributed by atoms with Crippen molar-refractivity contribution in [1.29, 1.82) is 0 Å². The van der Waals surface area contributed by atoms with Gasteiger partial charge in [0, 0.05) is 23.6 Å². The van der Waals surface area contributed by atoms with Crippen LogP contribution in [0.4, 0.5) is 5.69 Å². The summed E-state index contributed by atoms with van der Waals surface area (Å²) in [6.07, 6.45) is 0. The van der Waals surface area contributed by atoms with Gasteiger partial charge in [-0.3, -0.25) is 4.67 Å². The lowest BCUT2D eigenvalue weighted by atomic mass is 10.3. The largest absolute Gasteiger partial charge is 0.495 e. The lowest BCUT2D eigenvalue weighted by Gasteiger charge is -2.46. The topological polar surface area (TPSA) is 46.1 Å². The number of para-hydroxylation sites is 2. The lowest BCUT2D eigenvalue weighted by molar-refractivity contribution is 0.0738. The molecule has 1 N–H and O–H groups in total. The third kappa shape index (κ3) is 4.72. The second kappa shape index (κ2) is 9.40. The first-order valence-corrected chi connectivity index (χ1v) is 11.9. The molecule has 1 unspecified atom stereocenters. The van der Waals surface area contributed by atoms with Gasteiger partial charge < -0.3 is 14.8 Å². The molecule has 0 aromatic heterocycles. The van der Waals surface area contributed by atoms with Crippen molar-refractivity contribution in [3.63, 3.8) is 0 Å². The SMILES string of the molecule is COc1ccccc1NC(=S)N=P(c1ccccc1)(N1CCOCC1)C(C)(C)C. The van der Waals surface area contributed by atoms with Crippen LogP contribution in [0.1, 0.15) is 20.8 Å². The maximum atomic E-state index is 5.77. The molecule has 0 aliphatic carbocycles. The fourth-order valence-corrected chi connectivity index (χ4v) is 8.34. The van der Waals surface area contributed by atoms with E-state index < -0.39 is 7.21 Å². The second-order valence-electron chi connectivity index (χ2n) is 7.90. The minimum absolute atomic E-state index is 0.0990. The molecule has 1 aliphatic rings. The molecule has 0 saturated carbocycles. The van der Waals surface area contributed by atoms with Crippen molar-refractivity contribution in [2.24, 2.45) is 4.74 Å². The maximum Gasteiger partial charge on any atom is 0.197 e. The number of hydrogen-bond donors (Lipinski definition) is 1. The summed E-state index contributed by atoms with van der Waals surface area (Å²) in [5.41, 5.74) is 0.825. The van der Waals surface area contributed by atoms with Gasteiger partial charge in [0.2, 0.25) is 0 Å². The van der Waals surface area contributed by atoms with E-state index in [1.807, 2.05) is 30.3 Å². The average Bonchev–Trinajstić information content (AvgIpc) is 2.73. The third-order valence-electron chi connectivity index (χ3n) is 5.03. The third-order valence-corrected chi connectivity index (χ3v) is 9.96. The smallest absolute Gasteiger partial charge is 0.197 e. The van der Waals surface area contributed by atoms with Gasteiger partial charge in [0.25, 0.3) is 0 Å². The molecule has 0 bridgehead atoms. The highest BCUT2D eigenvalue weighted by atomic mass is 32.1. The lowest BCUT2D eigenvalue weighted by Crippen LogP contribution is -2.43. The summed E-state index contributed by atoms with van der Waals surface area (Å²) in [6.45, 7) is 9.91. The van der Waals surface area contributed by atoms with Crippen molar-refractivity contribution in [3.05, 3.63) is 54.6 Å². The van der Waals surface area contributed by atoms with Crippen LogP contribution in [0.3, 0.4) is 0 Å². The van der Waals surface area contributed by atoms with E-state index in [0.29, 0.717) is 18.3 Å². The first kappa shape index (κ1) is 22.0. The Morgan fingerprint density at radius 2 is 1.69 bits per heavy atom. The van der Waals surface area contributed by atoms with Gasteiger partial charge in [-0.25, -0.2) is 4.74 Å². The molecule has 2 aromatic rings. The number of methoxy groups -OCH3 is 1. The van der Waals surface area contributed by atoms with Gasteiger partial charge in [0.05, 0.1) is 33.2 Å². The molecule has 1 saturated heterocycles. The molecule has 1 fully saturated rings. The van der Waals surface area contributed by atoms with Crippen LogP contribution in [0.15, 0.2) is 59.3 Å². The summed E-state index contributed by atoms with van der Waals surface area (Å²) in [5.74, 6) is 0.746. The highest BCUT2D eigenvalue weighted by Crippen LogP contribution is 2.62. The molecule has 3 rings (SSSR count). The van der Waals surface area contributed by atoms with Crippen molar-refractivity contribution < 1.29 is 9.47 Å². The number of hydrogen-bond acceptors (Lipinski definition) is 3. The molecular formula is C22H30N3O2PS. The molecule has 0 spiro atoms. The van der Waals surface area contributed by atoms with Gasteiger partial charge in [-0.15, -0.1) is 0 Å². The van der Waals surface area contributed by atoms with Crippen LogP contribution < -0.4 is 15.4 Å². The average molecular weight is 432 g/mol. The van der Waals surface area contributed by atoms with E-state index in [1.54, 1.807) is 7.11 Å². The molecule has 1 atom stereocenters. The zero-order valence-corrected chi connectivity index (χ0v) is 19.3. The number of anilines is 1. The minimum Gasteiger partial charge on any atom is -0.495 e. The van der Waals surface area contributed by atoms with E-state index in [1.165, 1.54) is 5.30 Å². The van der Waals surface area contributed by atoms with Gasteiger partial charge in [-0.1, -0.05) is 63.2 Å². The zero-order chi connectivity index (χ0) is 20.9. The number of benzene rings is 2. The van der Waals surface area contributed by atoms with Crippen LogP contribution in [-0.4, -0.2) is 48.4 Å². The van der Waals surface area contributed by atoms with Crippen molar-refractivity contribution in [3.8, 4) is 5.75 Å². The number of morpholine rings is 1. The van der Waals surface area contributed by atoms with Crippen molar-refractivity contribution >= 4 is 35.5 Å². The van der Waals surface area contributed by atoms with E-state index >= 15 is 0 Å². The Morgan fingerprint density at radius 3 is 2.31 bits per heavy atom. The van der Waals surface area contributed by atoms with Crippen molar-refractivity contribution in [2.75, 3.05) is 38.7 Å². The van der Waals surface area contributed by atoms with Gasteiger partial charge in [-0.2, -0.15) is 0 Å². The van der Waals surface area contributed by atoms with E-state index in [9.17, 15) is 0 Å². The normalized spacial score (nSPS) is 17.2. The first-order valence-electron chi connectivity index (χ1n) is 9.84. The number of thiocarbonyl (C=S) groups is 1. The van der Waals surface area contributed by atoms with Crippen LogP contribution in [0.2, 0.25) is 0 Å². The Bertz CT molecular complexity index is 890. The minimum atomic E-state index is -2.19. The van der Waals surface area contributed by atoms with Gasteiger partial charge in [0.1, 0.15) is 5.75 Å². The summed E-state index contributed by atoms with van der Waals surface area (Å²) in [7, 11) is -0.533. The number of rotatable bonds is 4. The van der Waals surface area contributed by atoms with E-state index in [2.05, 4.69) is 55.0 Å². The van der Waals surface area contributed by atoms with Gasteiger partial charge >= 0.3 is 0 Å². The summed E-state index contributed by atoms with van der Waals surface area (Å²) < 4.78 is 18.9. The van der Waals surface area contributed by atoms with E-state index in [4.69, 9.17) is 26.4 Å². The van der Waals surface area contributed by atoms with E-state index in [-0.39, 0.29) is 5.16 Å². The number of nitrogens with zero attached hydrogens (tertiary/aromatic N) is 2. The van der Waals surface area contributed by atoms with Gasteiger partial charge in [-0.05, 0) is 24.4 Å². The molecule has 7 heteroatoms. The van der Waals surface area contributed by atoms with Gasteiger partial charge in [0.15, 0.2) is 5.11 Å². The summed E-state index contributed by atoms with van der Waals surface area (Å²) in [6, 6.07) is 18.3. The molecule has 1 heterocycles. The predicted molar refractivity (Wildman–Crippen MR) is 127 cm³/mol. The summed E-state index contributed by atoms with van der Waals surface area (Å²) >= 11 is 5.77. The van der Waals surface area contributed by atoms with Crippen molar-refractivity contribution in [2.45, 2.75) is 25.9 Å². The highest BCUT2D eigenvalue weighted by molar-refractivity contribution is 7.82. The molecule has 1 aliphatic heterocycles. The van der Waals surface area contributed by atoms with Crippen LogP contribution in [0.25, 0.3) is 0 Å². The quantitative estimate of drug-likeness (QED) is 0.547. The van der Waals surface area contributed by atoms with Crippen LogP contribution in [0.5, 0.6) is 5.75 Å². The Hall–Kier alpha value is -1.72. The Kier molecular flexibility index (Phi) is 7.12.